The lowest BCUT2D eigenvalue weighted by atomic mass is 10.1. The summed E-state index contributed by atoms with van der Waals surface area (Å²) in [4.78, 5) is 0. The van der Waals surface area contributed by atoms with Crippen LogP contribution in [0.15, 0.2) is 0 Å². The number of hydrogen-bond donors (Lipinski definition) is 1. The van der Waals surface area contributed by atoms with E-state index in [0.717, 1.165) is 0 Å². The molecule has 1 fully saturated rings. The van der Waals surface area contributed by atoms with Gasteiger partial charge in [0, 0.05) is 12.0 Å². The average Bonchev–Trinajstić information content (AvgIpc) is 2.07. The topological polar surface area (TPSA) is 26.0 Å². The number of nitrogens with two attached hydrogens (primary N) is 1. The van der Waals surface area contributed by atoms with E-state index in [0.29, 0.717) is 0 Å². The SMILES string of the molecule is CC1(C)[C@H](N)[C@H]1C(F)F. The maximum absolute atomic E-state index is 11.9. The van der Waals surface area contributed by atoms with Crippen LogP contribution in [0, 0.1) is 11.3 Å². The number of hydrogen-bond acceptors (Lipinski definition) is 1. The molecule has 0 aliphatic heterocycles. The zero-order valence-corrected chi connectivity index (χ0v) is 5.57. The molecule has 0 aromatic carbocycles. The first-order valence-corrected chi connectivity index (χ1v) is 3.01. The second-order valence-corrected chi connectivity index (χ2v) is 3.21. The molecule has 1 saturated carbocycles. The lowest BCUT2D eigenvalue weighted by molar-refractivity contribution is 0.107. The Bertz CT molecular complexity index is 122. The van der Waals surface area contributed by atoms with Crippen molar-refractivity contribution in [3.63, 3.8) is 0 Å². The Morgan fingerprint density at radius 1 is 1.44 bits per heavy atom. The molecule has 54 valence electrons. The van der Waals surface area contributed by atoms with Gasteiger partial charge in [-0.3, -0.25) is 0 Å². The van der Waals surface area contributed by atoms with Crippen LogP contribution in [0.1, 0.15) is 13.8 Å². The van der Waals surface area contributed by atoms with Crippen molar-refractivity contribution in [1.29, 1.82) is 0 Å². The van der Waals surface area contributed by atoms with Crippen LogP contribution < -0.4 is 5.73 Å². The molecule has 0 saturated heterocycles. The van der Waals surface area contributed by atoms with Gasteiger partial charge in [0.05, 0.1) is 0 Å². The van der Waals surface area contributed by atoms with E-state index >= 15 is 0 Å². The molecule has 0 bridgehead atoms. The van der Waals surface area contributed by atoms with E-state index in [-0.39, 0.29) is 11.5 Å². The summed E-state index contributed by atoms with van der Waals surface area (Å²) in [7, 11) is 0. The molecule has 1 rings (SSSR count). The first-order valence-electron chi connectivity index (χ1n) is 3.01. The van der Waals surface area contributed by atoms with Gasteiger partial charge in [0.1, 0.15) is 0 Å². The van der Waals surface area contributed by atoms with E-state index in [1.54, 1.807) is 13.8 Å². The van der Waals surface area contributed by atoms with Crippen molar-refractivity contribution >= 4 is 0 Å². The molecule has 1 aliphatic rings. The minimum absolute atomic E-state index is 0.294. The molecular formula is C6H11F2N. The summed E-state index contributed by atoms with van der Waals surface area (Å²) >= 11 is 0. The zero-order valence-electron chi connectivity index (χ0n) is 5.57. The second kappa shape index (κ2) is 1.66. The summed E-state index contributed by atoms with van der Waals surface area (Å²) < 4.78 is 23.8. The molecule has 0 aromatic rings. The molecule has 2 atom stereocenters. The Hall–Kier alpha value is -0.180. The highest BCUT2D eigenvalue weighted by molar-refractivity contribution is 5.09. The minimum Gasteiger partial charge on any atom is -0.327 e. The summed E-state index contributed by atoms with van der Waals surface area (Å²) in [5.41, 5.74) is 5.04. The lowest BCUT2D eigenvalue weighted by Crippen LogP contribution is -2.08. The molecule has 0 spiro atoms. The fourth-order valence-corrected chi connectivity index (χ4v) is 1.20. The molecule has 0 heterocycles. The number of rotatable bonds is 1. The van der Waals surface area contributed by atoms with Crippen molar-refractivity contribution in [1.82, 2.24) is 0 Å². The summed E-state index contributed by atoms with van der Waals surface area (Å²) in [6.07, 6.45) is -2.24. The van der Waals surface area contributed by atoms with Gasteiger partial charge in [-0.15, -0.1) is 0 Å². The average molecular weight is 135 g/mol. The van der Waals surface area contributed by atoms with Gasteiger partial charge in [0.25, 0.3) is 0 Å². The molecular weight excluding hydrogens is 124 g/mol. The van der Waals surface area contributed by atoms with Crippen molar-refractivity contribution in [2.24, 2.45) is 17.1 Å². The van der Waals surface area contributed by atoms with Crippen LogP contribution in [0.5, 0.6) is 0 Å². The highest BCUT2D eigenvalue weighted by atomic mass is 19.3. The Labute approximate surface area is 53.2 Å². The van der Waals surface area contributed by atoms with Crippen LogP contribution >= 0.6 is 0 Å². The molecule has 0 unspecified atom stereocenters. The van der Waals surface area contributed by atoms with E-state index in [1.165, 1.54) is 0 Å². The standard InChI is InChI=1S/C6H11F2N/c1-6(2)3(4(6)9)5(7)8/h3-5H,9H2,1-2H3/t3-,4+/m0/s1. The van der Waals surface area contributed by atoms with E-state index in [4.69, 9.17) is 5.73 Å². The quantitative estimate of drug-likeness (QED) is 0.575. The van der Waals surface area contributed by atoms with Gasteiger partial charge < -0.3 is 5.73 Å². The molecule has 1 aliphatic carbocycles. The Morgan fingerprint density at radius 3 is 1.78 bits per heavy atom. The van der Waals surface area contributed by atoms with Gasteiger partial charge >= 0.3 is 0 Å². The van der Waals surface area contributed by atoms with Crippen LogP contribution in [0.25, 0.3) is 0 Å². The van der Waals surface area contributed by atoms with E-state index in [9.17, 15) is 8.78 Å². The lowest BCUT2D eigenvalue weighted by Gasteiger charge is -1.98. The predicted octanol–water partition coefficient (Wildman–Crippen LogP) is 1.23. The van der Waals surface area contributed by atoms with Crippen molar-refractivity contribution in [3.05, 3.63) is 0 Å². The van der Waals surface area contributed by atoms with Gasteiger partial charge in [0.15, 0.2) is 0 Å². The van der Waals surface area contributed by atoms with Crippen molar-refractivity contribution in [3.8, 4) is 0 Å². The van der Waals surface area contributed by atoms with Gasteiger partial charge in [0.2, 0.25) is 6.43 Å². The van der Waals surface area contributed by atoms with Gasteiger partial charge in [-0.2, -0.15) is 0 Å². The monoisotopic (exact) mass is 135 g/mol. The highest BCUT2D eigenvalue weighted by Gasteiger charge is 2.60. The summed E-state index contributed by atoms with van der Waals surface area (Å²) in [6.45, 7) is 3.54. The van der Waals surface area contributed by atoms with E-state index < -0.39 is 12.3 Å². The summed E-state index contributed by atoms with van der Waals surface area (Å²) in [5, 5.41) is 0. The van der Waals surface area contributed by atoms with Crippen molar-refractivity contribution in [2.45, 2.75) is 26.3 Å². The van der Waals surface area contributed by atoms with Crippen molar-refractivity contribution < 1.29 is 8.78 Å². The highest BCUT2D eigenvalue weighted by Crippen LogP contribution is 2.53. The van der Waals surface area contributed by atoms with Gasteiger partial charge in [-0.1, -0.05) is 13.8 Å². The van der Waals surface area contributed by atoms with E-state index in [1.807, 2.05) is 0 Å². The third kappa shape index (κ3) is 0.834. The third-order valence-corrected chi connectivity index (χ3v) is 2.27. The Morgan fingerprint density at radius 2 is 1.78 bits per heavy atom. The molecule has 1 nitrogen and oxygen atoms in total. The smallest absolute Gasteiger partial charge is 0.243 e. The molecule has 3 heteroatoms. The maximum atomic E-state index is 11.9. The van der Waals surface area contributed by atoms with E-state index in [2.05, 4.69) is 0 Å². The Kier molecular flexibility index (Phi) is 1.28. The maximum Gasteiger partial charge on any atom is 0.243 e. The van der Waals surface area contributed by atoms with Crippen LogP contribution in [-0.2, 0) is 0 Å². The molecule has 0 radical (unpaired) electrons. The fourth-order valence-electron chi connectivity index (χ4n) is 1.20. The second-order valence-electron chi connectivity index (χ2n) is 3.21. The first-order chi connectivity index (χ1) is 3.98. The summed E-state index contributed by atoms with van der Waals surface area (Å²) in [5.74, 6) is -0.572. The zero-order chi connectivity index (χ0) is 7.23. The van der Waals surface area contributed by atoms with Crippen molar-refractivity contribution in [2.75, 3.05) is 0 Å². The molecule has 0 aromatic heterocycles. The van der Waals surface area contributed by atoms with Crippen LogP contribution in [0.2, 0.25) is 0 Å². The van der Waals surface area contributed by atoms with Crippen LogP contribution in [0.3, 0.4) is 0 Å². The third-order valence-electron chi connectivity index (χ3n) is 2.27. The van der Waals surface area contributed by atoms with Crippen LogP contribution in [0.4, 0.5) is 8.78 Å². The largest absolute Gasteiger partial charge is 0.327 e. The minimum atomic E-state index is -2.24. The molecule has 0 amide bonds. The Balaban J connectivity index is 2.52. The fraction of sp³-hybridized carbons (Fsp3) is 1.00. The molecule has 9 heavy (non-hydrogen) atoms. The number of alkyl halides is 2. The van der Waals surface area contributed by atoms with Gasteiger partial charge in [-0.25, -0.2) is 8.78 Å². The predicted molar refractivity (Wildman–Crippen MR) is 31.3 cm³/mol. The molecule has 2 N–H and O–H groups in total. The van der Waals surface area contributed by atoms with Gasteiger partial charge in [-0.05, 0) is 5.41 Å². The summed E-state index contributed by atoms with van der Waals surface area (Å²) in [6, 6.07) is -0.294. The normalized spacial score (nSPS) is 39.3. The first kappa shape index (κ1) is 6.93. The van der Waals surface area contributed by atoms with Crippen LogP contribution in [-0.4, -0.2) is 12.5 Å². The number of halogens is 2.